The molecule has 3 heteroatoms. The summed E-state index contributed by atoms with van der Waals surface area (Å²) in [5.74, 6) is 0.611. The van der Waals surface area contributed by atoms with E-state index in [1.807, 2.05) is 12.3 Å². The smallest absolute Gasteiger partial charge is 0.123 e. The average Bonchev–Trinajstić information content (AvgIpc) is 2.33. The lowest BCUT2D eigenvalue weighted by molar-refractivity contribution is 0.226. The molecule has 1 aromatic heterocycles. The van der Waals surface area contributed by atoms with Crippen molar-refractivity contribution in [2.75, 3.05) is 25.4 Å². The Hall–Kier alpha value is -1.09. The van der Waals surface area contributed by atoms with Crippen LogP contribution in [0.2, 0.25) is 0 Å². The van der Waals surface area contributed by atoms with Crippen molar-refractivity contribution >= 4 is 5.82 Å². The molecule has 0 saturated carbocycles. The molecule has 0 atom stereocenters. The molecule has 3 nitrogen and oxygen atoms in total. The summed E-state index contributed by atoms with van der Waals surface area (Å²) in [6.07, 6.45) is 8.41. The van der Waals surface area contributed by atoms with Crippen LogP contribution >= 0.6 is 0 Å². The number of rotatable bonds is 4. The van der Waals surface area contributed by atoms with Crippen LogP contribution in [0.25, 0.3) is 0 Å². The molecule has 2 rings (SSSR count). The number of nitrogens with zero attached hydrogens (tertiary/aromatic N) is 2. The van der Waals surface area contributed by atoms with Gasteiger partial charge in [-0.15, -0.1) is 0 Å². The number of aryl methyl sites for hydroxylation is 1. The van der Waals surface area contributed by atoms with E-state index >= 15 is 0 Å². The monoisotopic (exact) mass is 219 g/mol. The third kappa shape index (κ3) is 3.49. The molecule has 0 amide bonds. The van der Waals surface area contributed by atoms with Crippen molar-refractivity contribution in [2.45, 2.75) is 32.1 Å². The summed E-state index contributed by atoms with van der Waals surface area (Å²) in [5.41, 5.74) is 6.85. The summed E-state index contributed by atoms with van der Waals surface area (Å²) in [7, 11) is 0. The summed E-state index contributed by atoms with van der Waals surface area (Å²) >= 11 is 0. The van der Waals surface area contributed by atoms with Gasteiger partial charge >= 0.3 is 0 Å². The molecule has 88 valence electrons. The maximum atomic E-state index is 5.55. The standard InChI is InChI=1S/C13H21N3/c14-13-7-6-12(11-15-13)5-4-10-16-8-2-1-3-9-16/h6-7,11H,1-5,8-10H2,(H2,14,15). The van der Waals surface area contributed by atoms with Crippen LogP contribution in [0.5, 0.6) is 0 Å². The molecule has 0 bridgehead atoms. The average molecular weight is 219 g/mol. The van der Waals surface area contributed by atoms with Crippen molar-refractivity contribution in [3.8, 4) is 0 Å². The highest BCUT2D eigenvalue weighted by atomic mass is 15.1. The van der Waals surface area contributed by atoms with Gasteiger partial charge in [-0.1, -0.05) is 12.5 Å². The van der Waals surface area contributed by atoms with E-state index < -0.39 is 0 Å². The summed E-state index contributed by atoms with van der Waals surface area (Å²) in [6.45, 7) is 3.81. The van der Waals surface area contributed by atoms with Crippen LogP contribution in [0.1, 0.15) is 31.2 Å². The SMILES string of the molecule is Nc1ccc(CCCN2CCCCC2)cn1. The Bertz CT molecular complexity index is 301. The molecule has 1 fully saturated rings. The third-order valence-corrected chi connectivity index (χ3v) is 3.24. The first-order chi connectivity index (χ1) is 7.84. The summed E-state index contributed by atoms with van der Waals surface area (Å²) in [4.78, 5) is 6.69. The van der Waals surface area contributed by atoms with E-state index in [0.29, 0.717) is 5.82 Å². The minimum absolute atomic E-state index is 0.611. The number of hydrogen-bond acceptors (Lipinski definition) is 3. The highest BCUT2D eigenvalue weighted by Crippen LogP contribution is 2.10. The van der Waals surface area contributed by atoms with Crippen molar-refractivity contribution < 1.29 is 0 Å². The normalized spacial score (nSPS) is 17.5. The first kappa shape index (κ1) is 11.4. The van der Waals surface area contributed by atoms with E-state index in [9.17, 15) is 0 Å². The summed E-state index contributed by atoms with van der Waals surface area (Å²) < 4.78 is 0. The molecule has 2 heterocycles. The third-order valence-electron chi connectivity index (χ3n) is 3.24. The van der Waals surface area contributed by atoms with Crippen LogP contribution in [-0.4, -0.2) is 29.5 Å². The predicted octanol–water partition coefficient (Wildman–Crippen LogP) is 2.08. The second kappa shape index (κ2) is 5.85. The summed E-state index contributed by atoms with van der Waals surface area (Å²) in [6, 6.07) is 3.97. The fourth-order valence-electron chi connectivity index (χ4n) is 2.27. The van der Waals surface area contributed by atoms with Gasteiger partial charge in [0.25, 0.3) is 0 Å². The lowest BCUT2D eigenvalue weighted by atomic mass is 10.1. The summed E-state index contributed by atoms with van der Waals surface area (Å²) in [5, 5.41) is 0. The van der Waals surface area contributed by atoms with Gasteiger partial charge in [-0.25, -0.2) is 4.98 Å². The van der Waals surface area contributed by atoms with Gasteiger partial charge in [0.1, 0.15) is 5.82 Å². The molecule has 0 radical (unpaired) electrons. The highest BCUT2D eigenvalue weighted by Gasteiger charge is 2.08. The molecule has 0 unspecified atom stereocenters. The van der Waals surface area contributed by atoms with Gasteiger partial charge in [-0.3, -0.25) is 0 Å². The van der Waals surface area contributed by atoms with Crippen molar-refractivity contribution in [1.29, 1.82) is 0 Å². The molecular weight excluding hydrogens is 198 g/mol. The molecule has 0 aliphatic carbocycles. The molecule has 0 spiro atoms. The van der Waals surface area contributed by atoms with E-state index in [1.165, 1.54) is 50.9 Å². The van der Waals surface area contributed by atoms with Gasteiger partial charge in [0.2, 0.25) is 0 Å². The molecule has 1 aliphatic heterocycles. The van der Waals surface area contributed by atoms with Gasteiger partial charge in [-0.05, 0) is 56.9 Å². The number of nitrogens with two attached hydrogens (primary N) is 1. The van der Waals surface area contributed by atoms with Crippen LogP contribution < -0.4 is 5.73 Å². The largest absolute Gasteiger partial charge is 0.384 e. The van der Waals surface area contributed by atoms with Crippen LogP contribution in [0, 0.1) is 0 Å². The van der Waals surface area contributed by atoms with Crippen molar-refractivity contribution in [2.24, 2.45) is 0 Å². The number of pyridine rings is 1. The quantitative estimate of drug-likeness (QED) is 0.843. The van der Waals surface area contributed by atoms with E-state index in [1.54, 1.807) is 0 Å². The van der Waals surface area contributed by atoms with Crippen molar-refractivity contribution in [1.82, 2.24) is 9.88 Å². The van der Waals surface area contributed by atoms with Crippen molar-refractivity contribution in [3.05, 3.63) is 23.9 Å². The number of nitrogen functional groups attached to an aromatic ring is 1. The Labute approximate surface area is 97.7 Å². The van der Waals surface area contributed by atoms with Gasteiger partial charge < -0.3 is 10.6 Å². The van der Waals surface area contributed by atoms with Crippen molar-refractivity contribution in [3.63, 3.8) is 0 Å². The van der Waals surface area contributed by atoms with E-state index in [4.69, 9.17) is 5.73 Å². The van der Waals surface area contributed by atoms with Gasteiger partial charge in [0.15, 0.2) is 0 Å². The van der Waals surface area contributed by atoms with Gasteiger partial charge in [0, 0.05) is 6.20 Å². The predicted molar refractivity (Wildman–Crippen MR) is 67.3 cm³/mol. The Balaban J connectivity index is 1.69. The zero-order valence-electron chi connectivity index (χ0n) is 9.86. The first-order valence-corrected chi connectivity index (χ1v) is 6.27. The second-order valence-corrected chi connectivity index (χ2v) is 4.60. The fraction of sp³-hybridized carbons (Fsp3) is 0.615. The molecule has 16 heavy (non-hydrogen) atoms. The molecule has 1 saturated heterocycles. The molecular formula is C13H21N3. The maximum Gasteiger partial charge on any atom is 0.123 e. The maximum absolute atomic E-state index is 5.55. The molecule has 1 aromatic rings. The molecule has 2 N–H and O–H groups in total. The zero-order chi connectivity index (χ0) is 11.2. The Morgan fingerprint density at radius 2 is 2.00 bits per heavy atom. The lowest BCUT2D eigenvalue weighted by Gasteiger charge is -2.26. The minimum Gasteiger partial charge on any atom is -0.384 e. The number of likely N-dealkylation sites (tertiary alicyclic amines) is 1. The second-order valence-electron chi connectivity index (χ2n) is 4.60. The van der Waals surface area contributed by atoms with Crippen LogP contribution in [0.3, 0.4) is 0 Å². The van der Waals surface area contributed by atoms with Crippen LogP contribution in [0.4, 0.5) is 5.82 Å². The Morgan fingerprint density at radius 3 is 2.69 bits per heavy atom. The highest BCUT2D eigenvalue weighted by molar-refractivity contribution is 5.29. The van der Waals surface area contributed by atoms with E-state index in [2.05, 4.69) is 16.0 Å². The first-order valence-electron chi connectivity index (χ1n) is 6.27. The number of hydrogen-bond donors (Lipinski definition) is 1. The van der Waals surface area contributed by atoms with Crippen LogP contribution in [-0.2, 0) is 6.42 Å². The fourth-order valence-corrected chi connectivity index (χ4v) is 2.27. The van der Waals surface area contributed by atoms with E-state index in [-0.39, 0.29) is 0 Å². The number of anilines is 1. The Morgan fingerprint density at radius 1 is 1.19 bits per heavy atom. The topological polar surface area (TPSA) is 42.1 Å². The Kier molecular flexibility index (Phi) is 4.17. The van der Waals surface area contributed by atoms with Gasteiger partial charge in [-0.2, -0.15) is 0 Å². The molecule has 1 aliphatic rings. The zero-order valence-corrected chi connectivity index (χ0v) is 9.86. The number of piperidine rings is 1. The van der Waals surface area contributed by atoms with Gasteiger partial charge in [0.05, 0.1) is 0 Å². The van der Waals surface area contributed by atoms with Crippen LogP contribution in [0.15, 0.2) is 18.3 Å². The minimum atomic E-state index is 0.611. The lowest BCUT2D eigenvalue weighted by Crippen LogP contribution is -2.30. The van der Waals surface area contributed by atoms with E-state index in [0.717, 1.165) is 6.42 Å². The molecule has 0 aromatic carbocycles. The number of aromatic nitrogens is 1.